The zero-order chi connectivity index (χ0) is 24.5. The lowest BCUT2D eigenvalue weighted by Gasteiger charge is -2.31. The number of rotatable bonds is 11. The molecule has 0 unspecified atom stereocenters. The van der Waals surface area contributed by atoms with E-state index in [-0.39, 0.29) is 5.91 Å². The number of hydrogen-bond acceptors (Lipinski definition) is 7. The summed E-state index contributed by atoms with van der Waals surface area (Å²) in [7, 11) is 2.12. The molecule has 0 spiro atoms. The Morgan fingerprint density at radius 2 is 1.89 bits per heavy atom. The number of likely N-dealkylation sites (N-methyl/N-ethyl adjacent to an activating group) is 1. The van der Waals surface area contributed by atoms with Crippen LogP contribution in [0.25, 0.3) is 11.3 Å². The van der Waals surface area contributed by atoms with Gasteiger partial charge in [-0.05, 0) is 61.7 Å². The Bertz CT molecular complexity index is 1080. The molecule has 1 aliphatic rings. The lowest BCUT2D eigenvalue weighted by Crippen LogP contribution is -2.47. The molecular formula is C27H35N5OS2. The van der Waals surface area contributed by atoms with Gasteiger partial charge >= 0.3 is 0 Å². The maximum Gasteiger partial charge on any atom is 0.240 e. The minimum atomic E-state index is -0.00125. The zero-order valence-electron chi connectivity index (χ0n) is 20.6. The Labute approximate surface area is 217 Å². The first-order chi connectivity index (χ1) is 17.1. The number of carbonyl (C=O) groups is 1. The fraction of sp³-hybridized carbons (Fsp3) is 0.407. The number of hydrogen-bond donors (Lipinski definition) is 2. The van der Waals surface area contributed by atoms with Crippen LogP contribution in [0.1, 0.15) is 31.7 Å². The average Bonchev–Trinajstić information content (AvgIpc) is 3.34. The number of carbonyl (C=O) groups excluding carboxylic acids is 1. The fourth-order valence-corrected chi connectivity index (χ4v) is 5.37. The van der Waals surface area contributed by atoms with Gasteiger partial charge in [0.25, 0.3) is 0 Å². The van der Waals surface area contributed by atoms with Crippen molar-refractivity contribution < 1.29 is 4.79 Å². The van der Waals surface area contributed by atoms with Gasteiger partial charge in [0.15, 0.2) is 5.13 Å². The number of benzene rings is 2. The fourth-order valence-electron chi connectivity index (χ4n) is 3.99. The van der Waals surface area contributed by atoms with Crippen LogP contribution in [0.3, 0.4) is 0 Å². The van der Waals surface area contributed by atoms with Gasteiger partial charge in [0, 0.05) is 47.7 Å². The molecule has 6 nitrogen and oxygen atoms in total. The normalized spacial score (nSPS) is 14.7. The first-order valence-electron chi connectivity index (χ1n) is 12.4. The highest BCUT2D eigenvalue weighted by Gasteiger charge is 2.17. The van der Waals surface area contributed by atoms with E-state index in [9.17, 15) is 4.79 Å². The van der Waals surface area contributed by atoms with Gasteiger partial charge in [-0.3, -0.25) is 9.69 Å². The van der Waals surface area contributed by atoms with Crippen molar-refractivity contribution in [2.75, 3.05) is 49.8 Å². The highest BCUT2D eigenvalue weighted by atomic mass is 32.2. The van der Waals surface area contributed by atoms with Gasteiger partial charge in [-0.15, -0.1) is 11.3 Å². The molecule has 2 N–H and O–H groups in total. The summed E-state index contributed by atoms with van der Waals surface area (Å²) in [5.41, 5.74) is 4.32. The topological polar surface area (TPSA) is 60.5 Å². The summed E-state index contributed by atoms with van der Waals surface area (Å²) in [6.45, 7) is 6.51. The molecule has 4 rings (SSSR count). The van der Waals surface area contributed by atoms with Crippen LogP contribution in [-0.2, 0) is 11.2 Å². The maximum absolute atomic E-state index is 12.5. The van der Waals surface area contributed by atoms with E-state index in [4.69, 9.17) is 0 Å². The molecule has 1 aliphatic heterocycles. The Balaban J connectivity index is 1.28. The molecule has 186 valence electrons. The van der Waals surface area contributed by atoms with Crippen molar-refractivity contribution in [1.29, 1.82) is 0 Å². The first-order valence-corrected chi connectivity index (χ1v) is 14.1. The number of unbranched alkanes of at least 4 members (excludes halogenated alkanes) is 2. The average molecular weight is 510 g/mol. The van der Waals surface area contributed by atoms with Crippen molar-refractivity contribution in [2.45, 2.75) is 37.5 Å². The molecule has 1 aromatic heterocycles. The Morgan fingerprint density at radius 3 is 2.66 bits per heavy atom. The molecule has 35 heavy (non-hydrogen) atoms. The highest BCUT2D eigenvalue weighted by molar-refractivity contribution is 8.00. The summed E-state index contributed by atoms with van der Waals surface area (Å²) in [6.07, 6.45) is 4.95. The van der Waals surface area contributed by atoms with E-state index < -0.39 is 0 Å². The van der Waals surface area contributed by atoms with Crippen LogP contribution in [0, 0.1) is 0 Å². The van der Waals surface area contributed by atoms with Gasteiger partial charge in [-0.25, -0.2) is 4.98 Å². The predicted molar refractivity (Wildman–Crippen MR) is 149 cm³/mol. The van der Waals surface area contributed by atoms with Gasteiger partial charge in [0.2, 0.25) is 5.91 Å². The quantitative estimate of drug-likeness (QED) is 0.250. The van der Waals surface area contributed by atoms with E-state index in [0.29, 0.717) is 11.7 Å². The summed E-state index contributed by atoms with van der Waals surface area (Å²) in [4.78, 5) is 22.8. The lowest BCUT2D eigenvalue weighted by molar-refractivity contribution is -0.117. The minimum absolute atomic E-state index is 0.00125. The minimum Gasteiger partial charge on any atom is -0.326 e. The van der Waals surface area contributed by atoms with Crippen LogP contribution in [-0.4, -0.2) is 60.5 Å². The van der Waals surface area contributed by atoms with Gasteiger partial charge < -0.3 is 14.9 Å². The number of nitrogens with zero attached hydrogens (tertiary/aromatic N) is 3. The molecule has 8 heteroatoms. The van der Waals surface area contributed by atoms with Crippen molar-refractivity contribution in [2.24, 2.45) is 0 Å². The van der Waals surface area contributed by atoms with Crippen LogP contribution in [0.4, 0.5) is 10.8 Å². The van der Waals surface area contributed by atoms with E-state index in [0.717, 1.165) is 49.5 Å². The van der Waals surface area contributed by atoms with Crippen molar-refractivity contribution in [3.63, 3.8) is 0 Å². The molecule has 1 amide bonds. The van der Waals surface area contributed by atoms with Gasteiger partial charge in [0.1, 0.15) is 0 Å². The van der Waals surface area contributed by atoms with Crippen molar-refractivity contribution in [3.05, 3.63) is 59.5 Å². The number of amides is 1. The van der Waals surface area contributed by atoms with E-state index in [1.54, 1.807) is 11.9 Å². The highest BCUT2D eigenvalue weighted by Crippen LogP contribution is 2.29. The monoisotopic (exact) mass is 509 g/mol. The first kappa shape index (κ1) is 25.7. The molecule has 0 saturated carbocycles. The Hall–Kier alpha value is -2.39. The SMILES string of the molecule is CCCCCc1ccc(SNc2cccc(-c3csc(NC(=O)CN4CCN(C)CC4)n3)c2)cc1. The number of nitrogens with one attached hydrogen (secondary N) is 2. The van der Waals surface area contributed by atoms with Crippen LogP contribution < -0.4 is 10.0 Å². The molecule has 0 bridgehead atoms. The molecule has 2 aromatic carbocycles. The van der Waals surface area contributed by atoms with E-state index in [2.05, 4.69) is 75.2 Å². The van der Waals surface area contributed by atoms with Gasteiger partial charge in [-0.1, -0.05) is 44.0 Å². The van der Waals surface area contributed by atoms with Crippen LogP contribution in [0.2, 0.25) is 0 Å². The lowest BCUT2D eigenvalue weighted by atomic mass is 10.1. The second-order valence-corrected chi connectivity index (χ2v) is 10.8. The van der Waals surface area contributed by atoms with Crippen molar-refractivity contribution in [1.82, 2.24) is 14.8 Å². The smallest absolute Gasteiger partial charge is 0.240 e. The van der Waals surface area contributed by atoms with Crippen LogP contribution >= 0.6 is 23.3 Å². The molecule has 1 fully saturated rings. The molecule has 0 aliphatic carbocycles. The molecule has 0 atom stereocenters. The Morgan fingerprint density at radius 1 is 1.09 bits per heavy atom. The summed E-state index contributed by atoms with van der Waals surface area (Å²) < 4.78 is 3.44. The number of anilines is 2. The Kier molecular flexibility index (Phi) is 9.59. The van der Waals surface area contributed by atoms with Crippen molar-refractivity contribution >= 4 is 40.0 Å². The van der Waals surface area contributed by atoms with E-state index in [1.165, 1.54) is 41.1 Å². The maximum atomic E-state index is 12.5. The number of piperazine rings is 1. The summed E-state index contributed by atoms with van der Waals surface area (Å²) in [6, 6.07) is 17.0. The molecule has 2 heterocycles. The molecule has 1 saturated heterocycles. The van der Waals surface area contributed by atoms with Crippen molar-refractivity contribution in [3.8, 4) is 11.3 Å². The van der Waals surface area contributed by atoms with Gasteiger partial charge in [-0.2, -0.15) is 0 Å². The third kappa shape index (κ3) is 8.07. The number of thiazole rings is 1. The summed E-state index contributed by atoms with van der Waals surface area (Å²) in [5, 5.41) is 5.61. The van der Waals surface area contributed by atoms with Crippen LogP contribution in [0.15, 0.2) is 58.8 Å². The van der Waals surface area contributed by atoms with E-state index >= 15 is 0 Å². The number of aromatic nitrogens is 1. The second-order valence-electron chi connectivity index (χ2n) is 9.05. The standard InChI is InChI=1S/C27H35N5OS2/c1-3-4-5-7-21-10-12-24(13-11-21)35-30-23-9-6-8-22(18-23)25-20-34-27(28-25)29-26(33)19-32-16-14-31(2)15-17-32/h6,8-13,18,20,30H,3-5,7,14-17,19H2,1-2H3,(H,28,29,33). The molecule has 0 radical (unpaired) electrons. The summed E-state index contributed by atoms with van der Waals surface area (Å²) >= 11 is 3.08. The molecule has 3 aromatic rings. The predicted octanol–water partition coefficient (Wildman–Crippen LogP) is 5.85. The third-order valence-electron chi connectivity index (χ3n) is 6.15. The largest absolute Gasteiger partial charge is 0.326 e. The molecular weight excluding hydrogens is 474 g/mol. The number of aryl methyl sites for hydroxylation is 1. The zero-order valence-corrected chi connectivity index (χ0v) is 22.3. The second kappa shape index (κ2) is 13.1. The van der Waals surface area contributed by atoms with Crippen LogP contribution in [0.5, 0.6) is 0 Å². The van der Waals surface area contributed by atoms with E-state index in [1.807, 2.05) is 17.5 Å². The summed E-state index contributed by atoms with van der Waals surface area (Å²) in [5.74, 6) is -0.00125. The van der Waals surface area contributed by atoms with Gasteiger partial charge in [0.05, 0.1) is 12.2 Å². The third-order valence-corrected chi connectivity index (χ3v) is 7.75.